The van der Waals surface area contributed by atoms with Crippen molar-refractivity contribution in [3.05, 3.63) is 94.5 Å². The first kappa shape index (κ1) is 20.1. The fraction of sp³-hybridized carbons (Fsp3) is 0.0800. The van der Waals surface area contributed by atoms with Gasteiger partial charge in [-0.1, -0.05) is 36.4 Å². The van der Waals surface area contributed by atoms with Crippen LogP contribution >= 0.6 is 0 Å². The van der Waals surface area contributed by atoms with E-state index in [9.17, 15) is 24.6 Å². The number of hydrogen-bond donors (Lipinski definition) is 2. The van der Waals surface area contributed by atoms with Gasteiger partial charge in [0.1, 0.15) is 11.3 Å². The first-order valence-electron chi connectivity index (χ1n) is 9.56. The van der Waals surface area contributed by atoms with Crippen LogP contribution in [0.1, 0.15) is 42.2 Å². The minimum atomic E-state index is -1.28. The number of aromatic carboxylic acids is 2. The molecule has 0 fully saturated rings. The van der Waals surface area contributed by atoms with Crippen LogP contribution in [0, 0.1) is 6.92 Å². The monoisotopic (exact) mass is 414 g/mol. The van der Waals surface area contributed by atoms with Crippen molar-refractivity contribution in [1.82, 2.24) is 0 Å². The predicted molar refractivity (Wildman–Crippen MR) is 115 cm³/mol. The van der Waals surface area contributed by atoms with Crippen molar-refractivity contribution in [2.75, 3.05) is 0 Å². The number of carbonyl (C=O) groups excluding carboxylic acids is 1. The Balaban J connectivity index is 1.66. The van der Waals surface area contributed by atoms with Crippen molar-refractivity contribution >= 4 is 28.7 Å². The molecule has 154 valence electrons. The average molecular weight is 414 g/mol. The SMILES string of the molecule is Cc1c(C(=O)O)cc(C(=O)Cc2cccc(-c3cc4ccccc4o3)c2)cc1C(=O)O. The molecule has 6 heteroatoms. The lowest BCUT2D eigenvalue weighted by molar-refractivity contribution is 0.0696. The summed E-state index contributed by atoms with van der Waals surface area (Å²) in [7, 11) is 0. The van der Waals surface area contributed by atoms with Crippen molar-refractivity contribution in [1.29, 1.82) is 0 Å². The van der Waals surface area contributed by atoms with Gasteiger partial charge in [0.2, 0.25) is 0 Å². The van der Waals surface area contributed by atoms with Crippen molar-refractivity contribution in [3.63, 3.8) is 0 Å². The van der Waals surface area contributed by atoms with Gasteiger partial charge in [-0.25, -0.2) is 9.59 Å². The summed E-state index contributed by atoms with van der Waals surface area (Å²) < 4.78 is 5.88. The summed E-state index contributed by atoms with van der Waals surface area (Å²) >= 11 is 0. The molecule has 0 spiro atoms. The van der Waals surface area contributed by atoms with Crippen LogP contribution in [0.25, 0.3) is 22.3 Å². The molecule has 1 aromatic heterocycles. The van der Waals surface area contributed by atoms with Gasteiger partial charge in [0.05, 0.1) is 11.1 Å². The molecule has 0 saturated heterocycles. The highest BCUT2D eigenvalue weighted by atomic mass is 16.4. The van der Waals surface area contributed by atoms with E-state index >= 15 is 0 Å². The third-order valence-corrected chi connectivity index (χ3v) is 5.19. The van der Waals surface area contributed by atoms with Crippen LogP contribution in [0.5, 0.6) is 0 Å². The normalized spacial score (nSPS) is 10.9. The molecule has 0 bridgehead atoms. The summed E-state index contributed by atoms with van der Waals surface area (Å²) in [4.78, 5) is 35.8. The maximum Gasteiger partial charge on any atom is 0.336 e. The van der Waals surface area contributed by atoms with Crippen LogP contribution in [-0.4, -0.2) is 27.9 Å². The lowest BCUT2D eigenvalue weighted by Gasteiger charge is -2.09. The van der Waals surface area contributed by atoms with Gasteiger partial charge in [0, 0.05) is 22.9 Å². The highest BCUT2D eigenvalue weighted by Crippen LogP contribution is 2.28. The molecule has 2 N–H and O–H groups in total. The lowest BCUT2D eigenvalue weighted by Crippen LogP contribution is -2.12. The molecular weight excluding hydrogens is 396 g/mol. The molecule has 4 rings (SSSR count). The zero-order valence-electron chi connectivity index (χ0n) is 16.6. The van der Waals surface area contributed by atoms with E-state index in [2.05, 4.69) is 0 Å². The Hall–Kier alpha value is -4.19. The van der Waals surface area contributed by atoms with Gasteiger partial charge in [0.15, 0.2) is 5.78 Å². The molecule has 0 aliphatic carbocycles. The minimum Gasteiger partial charge on any atom is -0.478 e. The maximum atomic E-state index is 12.9. The fourth-order valence-corrected chi connectivity index (χ4v) is 3.57. The van der Waals surface area contributed by atoms with Crippen LogP contribution in [0.4, 0.5) is 0 Å². The summed E-state index contributed by atoms with van der Waals surface area (Å²) in [5.74, 6) is -2.25. The molecule has 0 atom stereocenters. The van der Waals surface area contributed by atoms with Crippen LogP contribution in [0.2, 0.25) is 0 Å². The Morgan fingerprint density at radius 1 is 0.839 bits per heavy atom. The Morgan fingerprint density at radius 3 is 2.16 bits per heavy atom. The van der Waals surface area contributed by atoms with E-state index in [-0.39, 0.29) is 34.5 Å². The van der Waals surface area contributed by atoms with Crippen molar-refractivity contribution in [3.8, 4) is 11.3 Å². The van der Waals surface area contributed by atoms with Crippen LogP contribution in [0.3, 0.4) is 0 Å². The Bertz CT molecular complexity index is 1280. The molecule has 0 unspecified atom stereocenters. The first-order chi connectivity index (χ1) is 14.8. The number of carboxylic acid groups (broad SMARTS) is 2. The van der Waals surface area contributed by atoms with Gasteiger partial charge in [-0.2, -0.15) is 0 Å². The van der Waals surface area contributed by atoms with E-state index in [1.807, 2.05) is 48.5 Å². The number of rotatable bonds is 6. The summed E-state index contributed by atoms with van der Waals surface area (Å²) in [6.45, 7) is 1.41. The van der Waals surface area contributed by atoms with Gasteiger partial charge in [-0.15, -0.1) is 0 Å². The Labute approximate surface area is 177 Å². The predicted octanol–water partition coefficient (Wildman–Crippen LogP) is 5.23. The molecule has 0 aliphatic heterocycles. The highest BCUT2D eigenvalue weighted by molar-refractivity contribution is 6.04. The van der Waals surface area contributed by atoms with E-state index in [1.54, 1.807) is 6.07 Å². The molecule has 0 radical (unpaired) electrons. The van der Waals surface area contributed by atoms with E-state index < -0.39 is 11.9 Å². The molecule has 0 aliphatic rings. The Kier molecular flexibility index (Phi) is 5.13. The molecule has 1 heterocycles. The van der Waals surface area contributed by atoms with Crippen molar-refractivity contribution in [2.45, 2.75) is 13.3 Å². The van der Waals surface area contributed by atoms with Crippen LogP contribution < -0.4 is 0 Å². The second-order valence-electron chi connectivity index (χ2n) is 7.26. The van der Waals surface area contributed by atoms with Crippen LogP contribution in [0.15, 0.2) is 71.1 Å². The van der Waals surface area contributed by atoms with Crippen molar-refractivity contribution in [2.24, 2.45) is 0 Å². The number of furan rings is 1. The first-order valence-corrected chi connectivity index (χ1v) is 9.56. The maximum absolute atomic E-state index is 12.9. The molecule has 6 nitrogen and oxygen atoms in total. The largest absolute Gasteiger partial charge is 0.478 e. The molecule has 31 heavy (non-hydrogen) atoms. The molecule has 0 saturated carbocycles. The Morgan fingerprint density at radius 2 is 1.52 bits per heavy atom. The molecule has 4 aromatic rings. The topological polar surface area (TPSA) is 105 Å². The standard InChI is InChI=1S/C25H18O6/c1-14-19(24(27)28)11-18(12-20(14)25(29)30)21(26)10-15-5-4-7-16(9-15)23-13-17-6-2-3-8-22(17)31-23/h2-9,11-13H,10H2,1H3,(H,27,28)(H,29,30). The quantitative estimate of drug-likeness (QED) is 0.419. The third kappa shape index (κ3) is 3.96. The number of carboxylic acids is 2. The molecule has 0 amide bonds. The smallest absolute Gasteiger partial charge is 0.336 e. The second-order valence-corrected chi connectivity index (χ2v) is 7.26. The van der Waals surface area contributed by atoms with Gasteiger partial charge in [-0.05, 0) is 48.4 Å². The number of para-hydroxylation sites is 1. The number of fused-ring (bicyclic) bond motifs is 1. The number of ketones is 1. The van der Waals surface area contributed by atoms with E-state index in [0.29, 0.717) is 11.3 Å². The zero-order chi connectivity index (χ0) is 22.1. The van der Waals surface area contributed by atoms with E-state index in [4.69, 9.17) is 4.42 Å². The minimum absolute atomic E-state index is 0.00471. The summed E-state index contributed by atoms with van der Waals surface area (Å²) in [6, 6.07) is 19.3. The summed E-state index contributed by atoms with van der Waals surface area (Å²) in [5, 5.41) is 19.7. The average Bonchev–Trinajstić information content (AvgIpc) is 3.18. The van der Waals surface area contributed by atoms with Gasteiger partial charge >= 0.3 is 11.9 Å². The van der Waals surface area contributed by atoms with E-state index in [0.717, 1.165) is 16.5 Å². The van der Waals surface area contributed by atoms with Gasteiger partial charge < -0.3 is 14.6 Å². The second kappa shape index (κ2) is 7.91. The number of hydrogen-bond acceptors (Lipinski definition) is 4. The summed E-state index contributed by atoms with van der Waals surface area (Å²) in [6.07, 6.45) is -0.00471. The lowest BCUT2D eigenvalue weighted by atomic mass is 9.94. The van der Waals surface area contributed by atoms with E-state index in [1.165, 1.54) is 19.1 Å². The number of benzene rings is 3. The van der Waals surface area contributed by atoms with Gasteiger partial charge in [0.25, 0.3) is 0 Å². The summed E-state index contributed by atoms with van der Waals surface area (Å²) in [5.41, 5.74) is 2.05. The highest BCUT2D eigenvalue weighted by Gasteiger charge is 2.20. The molecular formula is C25H18O6. The number of carbonyl (C=O) groups is 3. The zero-order valence-corrected chi connectivity index (χ0v) is 16.6. The molecule has 3 aromatic carbocycles. The van der Waals surface area contributed by atoms with Crippen LogP contribution in [-0.2, 0) is 6.42 Å². The third-order valence-electron chi connectivity index (χ3n) is 5.19. The van der Waals surface area contributed by atoms with Gasteiger partial charge in [-0.3, -0.25) is 4.79 Å². The van der Waals surface area contributed by atoms with Crippen molar-refractivity contribution < 1.29 is 29.0 Å². The number of Topliss-reactive ketones (excluding diaryl/α,β-unsaturated/α-hetero) is 1. The fourth-order valence-electron chi connectivity index (χ4n) is 3.57.